The van der Waals surface area contributed by atoms with Gasteiger partial charge in [-0.25, -0.2) is 4.40 Å². The van der Waals surface area contributed by atoms with Gasteiger partial charge in [-0.3, -0.25) is 0 Å². The van der Waals surface area contributed by atoms with E-state index in [0.29, 0.717) is 11.2 Å². The second kappa shape index (κ2) is 12.9. The molecule has 0 N–H and O–H groups in total. The maximum atomic E-state index is 8.00. The molecule has 2 aromatic carbocycles. The van der Waals surface area contributed by atoms with Crippen molar-refractivity contribution in [2.24, 2.45) is 4.40 Å². The van der Waals surface area contributed by atoms with E-state index in [9.17, 15) is 0 Å². The van der Waals surface area contributed by atoms with Crippen molar-refractivity contribution in [3.63, 3.8) is 0 Å². The number of carbonyl (C=O) groups is 1. The van der Waals surface area contributed by atoms with Gasteiger partial charge in [-0.15, -0.1) is 0 Å². The highest BCUT2D eigenvalue weighted by molar-refractivity contribution is 9.10. The van der Waals surface area contributed by atoms with Gasteiger partial charge in [0.1, 0.15) is 6.79 Å². The van der Waals surface area contributed by atoms with Crippen molar-refractivity contribution in [3.8, 4) is 0 Å². The molecule has 1 aliphatic heterocycles. The second-order valence-electron chi connectivity index (χ2n) is 6.18. The molecule has 0 aromatic heterocycles. The Morgan fingerprint density at radius 3 is 2.19 bits per heavy atom. The third-order valence-electron chi connectivity index (χ3n) is 4.07. The summed E-state index contributed by atoms with van der Waals surface area (Å²) in [5, 5.41) is 0.483. The first-order chi connectivity index (χ1) is 13.1. The molecule has 2 aromatic rings. The summed E-state index contributed by atoms with van der Waals surface area (Å²) < 4.78 is 10.5. The van der Waals surface area contributed by atoms with Crippen LogP contribution in [0, 0.1) is 6.92 Å². The zero-order valence-electron chi connectivity index (χ0n) is 16.4. The van der Waals surface area contributed by atoms with Gasteiger partial charge in [-0.1, -0.05) is 71.7 Å². The van der Waals surface area contributed by atoms with E-state index in [4.69, 9.17) is 13.9 Å². The Kier molecular flexibility index (Phi) is 11.3. The fourth-order valence-corrected chi connectivity index (χ4v) is 3.91. The van der Waals surface area contributed by atoms with Gasteiger partial charge >= 0.3 is 0 Å². The lowest BCUT2D eigenvalue weighted by Crippen LogP contribution is -2.17. The number of benzene rings is 2. The minimum absolute atomic E-state index is 0.377. The maximum absolute atomic E-state index is 8.00. The Morgan fingerprint density at radius 1 is 1.11 bits per heavy atom. The standard InChI is InChI=1S/C17H16BrNS.C4H10O.CH2O/c1-11-3-5-13(6-4-11)16-12(2)20-19-17(16)14-7-9-15(18)10-8-14;1-3-4-5-2;1-2/h3-10,12,16H,1-2H3;3-4H2,1-2H3;1H2. The highest BCUT2D eigenvalue weighted by atomic mass is 79.9. The molecule has 0 saturated carbocycles. The van der Waals surface area contributed by atoms with Crippen LogP contribution in [0.15, 0.2) is 57.4 Å². The molecule has 1 aliphatic rings. The first-order valence-corrected chi connectivity index (χ1v) is 10.5. The third-order valence-corrected chi connectivity index (χ3v) is 5.50. The SMILES string of the molecule is C=O.CCCOC.Cc1ccc(C2C(c3ccc(Br)cc3)=NSC2C)cc1. The van der Waals surface area contributed by atoms with Crippen LogP contribution in [-0.2, 0) is 9.53 Å². The average Bonchev–Trinajstić information content (AvgIpc) is 3.07. The van der Waals surface area contributed by atoms with Crippen LogP contribution >= 0.6 is 27.9 Å². The normalized spacial score (nSPS) is 17.9. The topological polar surface area (TPSA) is 38.7 Å². The van der Waals surface area contributed by atoms with E-state index in [1.165, 1.54) is 22.4 Å². The summed E-state index contributed by atoms with van der Waals surface area (Å²) in [6, 6.07) is 17.3. The lowest BCUT2D eigenvalue weighted by atomic mass is 9.87. The molecule has 0 amide bonds. The van der Waals surface area contributed by atoms with Crippen molar-refractivity contribution in [1.82, 2.24) is 0 Å². The zero-order valence-corrected chi connectivity index (χ0v) is 18.8. The van der Waals surface area contributed by atoms with Gasteiger partial charge in [0.25, 0.3) is 0 Å². The van der Waals surface area contributed by atoms with Crippen LogP contribution < -0.4 is 0 Å². The van der Waals surface area contributed by atoms with Crippen molar-refractivity contribution >= 4 is 40.4 Å². The van der Waals surface area contributed by atoms with Crippen molar-refractivity contribution in [1.29, 1.82) is 0 Å². The molecule has 0 radical (unpaired) electrons. The number of hydrogen-bond donors (Lipinski definition) is 0. The molecule has 5 heteroatoms. The highest BCUT2D eigenvalue weighted by Gasteiger charge is 2.31. The van der Waals surface area contributed by atoms with Crippen LogP contribution in [0.3, 0.4) is 0 Å². The smallest absolute Gasteiger partial charge is 0.106 e. The zero-order chi connectivity index (χ0) is 20.2. The fourth-order valence-electron chi connectivity index (χ4n) is 2.74. The van der Waals surface area contributed by atoms with Crippen LogP contribution in [0.4, 0.5) is 0 Å². The molecule has 0 spiro atoms. The summed E-state index contributed by atoms with van der Waals surface area (Å²) in [4.78, 5) is 8.00. The molecule has 3 nitrogen and oxygen atoms in total. The molecule has 146 valence electrons. The monoisotopic (exact) mass is 449 g/mol. The molecule has 27 heavy (non-hydrogen) atoms. The van der Waals surface area contributed by atoms with E-state index in [1.807, 2.05) is 6.79 Å². The minimum Gasteiger partial charge on any atom is -0.385 e. The van der Waals surface area contributed by atoms with Crippen LogP contribution in [-0.4, -0.2) is 31.5 Å². The number of carbonyl (C=O) groups excluding carboxylic acids is 1. The number of halogens is 1. The Labute approximate surface area is 175 Å². The van der Waals surface area contributed by atoms with Crippen LogP contribution in [0.25, 0.3) is 0 Å². The summed E-state index contributed by atoms with van der Waals surface area (Å²) in [5.74, 6) is 0.377. The van der Waals surface area contributed by atoms with Gasteiger partial charge in [-0.05, 0) is 48.6 Å². The van der Waals surface area contributed by atoms with E-state index in [-0.39, 0.29) is 0 Å². The molecular weight excluding hydrogens is 422 g/mol. The molecule has 0 aliphatic carbocycles. The second-order valence-corrected chi connectivity index (χ2v) is 8.23. The van der Waals surface area contributed by atoms with E-state index in [0.717, 1.165) is 17.5 Å². The highest BCUT2D eigenvalue weighted by Crippen LogP contribution is 2.39. The number of ether oxygens (including phenoxy) is 1. The van der Waals surface area contributed by atoms with Gasteiger partial charge in [0.2, 0.25) is 0 Å². The van der Waals surface area contributed by atoms with Crippen molar-refractivity contribution in [2.45, 2.75) is 38.4 Å². The maximum Gasteiger partial charge on any atom is 0.106 e. The Morgan fingerprint density at radius 2 is 1.70 bits per heavy atom. The quantitative estimate of drug-likeness (QED) is 0.518. The summed E-state index contributed by atoms with van der Waals surface area (Å²) in [6.07, 6.45) is 1.12. The number of aryl methyl sites for hydroxylation is 1. The molecular formula is C22H28BrNO2S. The van der Waals surface area contributed by atoms with Crippen LogP contribution in [0.1, 0.15) is 42.9 Å². The molecule has 0 saturated heterocycles. The molecule has 3 rings (SSSR count). The van der Waals surface area contributed by atoms with Gasteiger partial charge in [0, 0.05) is 29.4 Å². The number of rotatable bonds is 4. The molecule has 0 fully saturated rings. The lowest BCUT2D eigenvalue weighted by molar-refractivity contribution is -0.0979. The van der Waals surface area contributed by atoms with E-state index >= 15 is 0 Å². The predicted octanol–water partition coefficient (Wildman–Crippen LogP) is 6.24. The minimum atomic E-state index is 0.377. The number of methoxy groups -OCH3 is 1. The number of hydrogen-bond acceptors (Lipinski definition) is 4. The third kappa shape index (κ3) is 7.24. The fraction of sp³-hybridized carbons (Fsp3) is 0.364. The largest absolute Gasteiger partial charge is 0.385 e. The average molecular weight is 450 g/mol. The summed E-state index contributed by atoms with van der Waals surface area (Å²) >= 11 is 5.18. The first-order valence-electron chi connectivity index (χ1n) is 8.90. The van der Waals surface area contributed by atoms with Gasteiger partial charge in [0.05, 0.1) is 5.71 Å². The predicted molar refractivity (Wildman–Crippen MR) is 121 cm³/mol. The molecule has 0 bridgehead atoms. The number of nitrogens with zero attached hydrogens (tertiary/aromatic N) is 1. The molecule has 1 heterocycles. The van der Waals surface area contributed by atoms with Gasteiger partial charge in [-0.2, -0.15) is 0 Å². The van der Waals surface area contributed by atoms with Crippen molar-refractivity contribution in [3.05, 3.63) is 69.7 Å². The van der Waals surface area contributed by atoms with Gasteiger partial charge in [0.15, 0.2) is 0 Å². The van der Waals surface area contributed by atoms with E-state index in [1.54, 1.807) is 19.1 Å². The van der Waals surface area contributed by atoms with Crippen LogP contribution in [0.5, 0.6) is 0 Å². The first kappa shape index (κ1) is 23.6. The van der Waals surface area contributed by atoms with Crippen molar-refractivity contribution in [2.75, 3.05) is 13.7 Å². The Balaban J connectivity index is 0.000000454. The van der Waals surface area contributed by atoms with Crippen molar-refractivity contribution < 1.29 is 9.53 Å². The molecule has 2 unspecified atom stereocenters. The lowest BCUT2D eigenvalue weighted by Gasteiger charge is -2.18. The van der Waals surface area contributed by atoms with Gasteiger partial charge < -0.3 is 9.53 Å². The molecule has 2 atom stereocenters. The summed E-state index contributed by atoms with van der Waals surface area (Å²) in [6.45, 7) is 9.36. The van der Waals surface area contributed by atoms with E-state index in [2.05, 4.69) is 85.2 Å². The summed E-state index contributed by atoms with van der Waals surface area (Å²) in [7, 11) is 1.71. The van der Waals surface area contributed by atoms with Crippen LogP contribution in [0.2, 0.25) is 0 Å². The Hall–Kier alpha value is -1.43. The summed E-state index contributed by atoms with van der Waals surface area (Å²) in [5.41, 5.74) is 5.07. The van der Waals surface area contributed by atoms with E-state index < -0.39 is 0 Å². The Bertz CT molecular complexity index is 699.